The van der Waals surface area contributed by atoms with Crippen LogP contribution < -0.4 is 0 Å². The summed E-state index contributed by atoms with van der Waals surface area (Å²) in [5.41, 5.74) is -1.27. The molecule has 3 aromatic rings. The van der Waals surface area contributed by atoms with Crippen molar-refractivity contribution in [3.05, 3.63) is 75.9 Å². The molecule has 0 aliphatic rings. The molecule has 0 saturated carbocycles. The number of aromatic nitrogens is 2. The maximum atomic E-state index is 13.7. The number of benzene rings is 2. The number of Topliss-reactive ketones (excluding diaryl/α,β-unsaturated/α-hetero) is 1. The Kier molecular flexibility index (Phi) is 5.25. The molecule has 0 saturated heterocycles. The van der Waals surface area contributed by atoms with Crippen LogP contribution in [0, 0.1) is 11.6 Å². The molecule has 0 aliphatic heterocycles. The summed E-state index contributed by atoms with van der Waals surface area (Å²) in [6.07, 6.45) is -5.15. The molecular weight excluding hydrogens is 403 g/mol. The van der Waals surface area contributed by atoms with E-state index in [9.17, 15) is 26.7 Å². The summed E-state index contributed by atoms with van der Waals surface area (Å²) in [6.45, 7) is 0. The van der Waals surface area contributed by atoms with Crippen molar-refractivity contribution >= 4 is 17.4 Å². The largest absolute Gasteiger partial charge is 0.416 e. The Morgan fingerprint density at radius 1 is 1.11 bits per heavy atom. The molecule has 3 rings (SSSR count). The van der Waals surface area contributed by atoms with Crippen LogP contribution in [-0.4, -0.2) is 15.6 Å². The zero-order chi connectivity index (χ0) is 20.6. The Bertz CT molecular complexity index is 1040. The molecule has 0 N–H and O–H groups in total. The van der Waals surface area contributed by atoms with Gasteiger partial charge < -0.3 is 0 Å². The molecule has 0 atom stereocenters. The second-order valence-electron chi connectivity index (χ2n) is 6.03. The quantitative estimate of drug-likeness (QED) is 0.419. The lowest BCUT2D eigenvalue weighted by Gasteiger charge is -2.10. The first kappa shape index (κ1) is 20.0. The molecule has 0 spiro atoms. The van der Waals surface area contributed by atoms with Crippen molar-refractivity contribution in [1.82, 2.24) is 9.78 Å². The number of aryl methyl sites for hydroxylation is 1. The van der Waals surface area contributed by atoms with Crippen molar-refractivity contribution in [3.8, 4) is 11.3 Å². The second kappa shape index (κ2) is 7.35. The fourth-order valence-electron chi connectivity index (χ4n) is 2.71. The lowest BCUT2D eigenvalue weighted by atomic mass is 10.0. The van der Waals surface area contributed by atoms with E-state index in [1.807, 2.05) is 0 Å². The molecule has 0 unspecified atom stereocenters. The minimum Gasteiger partial charge on any atom is -0.292 e. The van der Waals surface area contributed by atoms with Gasteiger partial charge in [-0.05, 0) is 36.4 Å². The van der Waals surface area contributed by atoms with E-state index in [0.717, 1.165) is 30.3 Å². The molecule has 0 bridgehead atoms. The van der Waals surface area contributed by atoms with Gasteiger partial charge in [-0.2, -0.15) is 18.3 Å². The number of ketones is 1. The number of carbonyl (C=O) groups excluding carboxylic acids is 1. The summed E-state index contributed by atoms with van der Waals surface area (Å²) >= 11 is 6.02. The number of halogens is 6. The molecular formula is C19H12ClF5N2O. The summed E-state index contributed by atoms with van der Waals surface area (Å²) < 4.78 is 67.6. The number of carbonyl (C=O) groups is 1. The van der Waals surface area contributed by atoms with Crippen LogP contribution in [0.1, 0.15) is 21.6 Å². The number of alkyl halides is 3. The number of nitrogens with zero attached hydrogens (tertiary/aromatic N) is 2. The third-order valence-corrected chi connectivity index (χ3v) is 4.46. The summed E-state index contributed by atoms with van der Waals surface area (Å²) in [5, 5.41) is 3.99. The highest BCUT2D eigenvalue weighted by Gasteiger charge is 2.31. The highest BCUT2D eigenvalue weighted by atomic mass is 35.5. The monoisotopic (exact) mass is 414 g/mol. The fourth-order valence-corrected chi connectivity index (χ4v) is 2.92. The smallest absolute Gasteiger partial charge is 0.292 e. The van der Waals surface area contributed by atoms with Gasteiger partial charge in [-0.3, -0.25) is 9.48 Å². The van der Waals surface area contributed by atoms with Gasteiger partial charge in [0.25, 0.3) is 0 Å². The van der Waals surface area contributed by atoms with E-state index >= 15 is 0 Å². The van der Waals surface area contributed by atoms with Gasteiger partial charge in [0.1, 0.15) is 17.3 Å². The molecule has 146 valence electrons. The van der Waals surface area contributed by atoms with Crippen LogP contribution >= 0.6 is 11.6 Å². The fraction of sp³-hybridized carbons (Fsp3) is 0.158. The zero-order valence-corrected chi connectivity index (χ0v) is 15.1. The highest BCUT2D eigenvalue weighted by molar-refractivity contribution is 6.33. The van der Waals surface area contributed by atoms with Crippen LogP contribution in [0.15, 0.2) is 42.5 Å². The predicted molar refractivity (Wildman–Crippen MR) is 93.0 cm³/mol. The van der Waals surface area contributed by atoms with Crippen molar-refractivity contribution in [2.45, 2.75) is 12.6 Å². The number of hydrogen-bond acceptors (Lipinski definition) is 2. The maximum absolute atomic E-state index is 13.7. The van der Waals surface area contributed by atoms with Gasteiger partial charge in [-0.15, -0.1) is 0 Å². The summed E-state index contributed by atoms with van der Waals surface area (Å²) in [6, 6.07) is 7.26. The summed E-state index contributed by atoms with van der Waals surface area (Å²) in [4.78, 5) is 12.4. The predicted octanol–water partition coefficient (Wildman–Crippen LogP) is 5.46. The van der Waals surface area contributed by atoms with Crippen molar-refractivity contribution in [1.29, 1.82) is 0 Å². The van der Waals surface area contributed by atoms with Gasteiger partial charge >= 0.3 is 6.18 Å². The van der Waals surface area contributed by atoms with E-state index in [2.05, 4.69) is 5.10 Å². The van der Waals surface area contributed by atoms with Gasteiger partial charge in [0.05, 0.1) is 11.3 Å². The Hall–Kier alpha value is -2.74. The van der Waals surface area contributed by atoms with Crippen molar-refractivity contribution in [2.24, 2.45) is 7.05 Å². The van der Waals surface area contributed by atoms with Crippen molar-refractivity contribution in [3.63, 3.8) is 0 Å². The second-order valence-corrected chi connectivity index (χ2v) is 6.44. The van der Waals surface area contributed by atoms with E-state index in [0.29, 0.717) is 0 Å². The standard InChI is InChI=1S/C19H12ClF5N2O/c1-27-17(11-7-10(19(23,24)25)5-6-13(11)20)9-16(26-27)18(28)8-12-14(21)3-2-4-15(12)22/h2-7,9H,8H2,1H3. The Morgan fingerprint density at radius 3 is 2.36 bits per heavy atom. The Labute approximate surface area is 161 Å². The van der Waals surface area contributed by atoms with E-state index < -0.39 is 41.1 Å². The van der Waals surface area contributed by atoms with Crippen molar-refractivity contribution < 1.29 is 26.7 Å². The van der Waals surface area contributed by atoms with Crippen LogP contribution in [0.4, 0.5) is 22.0 Å². The maximum Gasteiger partial charge on any atom is 0.416 e. The van der Waals surface area contributed by atoms with E-state index in [1.54, 1.807) is 0 Å². The van der Waals surface area contributed by atoms with Crippen LogP contribution in [0.5, 0.6) is 0 Å². The van der Waals surface area contributed by atoms with Gasteiger partial charge in [-0.25, -0.2) is 8.78 Å². The first-order valence-electron chi connectivity index (χ1n) is 7.95. The third kappa shape index (κ3) is 3.91. The van der Waals surface area contributed by atoms with Crippen LogP contribution in [-0.2, 0) is 19.6 Å². The van der Waals surface area contributed by atoms with Crippen molar-refractivity contribution in [2.75, 3.05) is 0 Å². The molecule has 1 aromatic heterocycles. The van der Waals surface area contributed by atoms with Crippen LogP contribution in [0.25, 0.3) is 11.3 Å². The molecule has 1 heterocycles. The molecule has 0 radical (unpaired) electrons. The van der Waals surface area contributed by atoms with Crippen LogP contribution in [0.3, 0.4) is 0 Å². The lowest BCUT2D eigenvalue weighted by molar-refractivity contribution is -0.137. The molecule has 2 aromatic carbocycles. The molecule has 3 nitrogen and oxygen atoms in total. The zero-order valence-electron chi connectivity index (χ0n) is 14.3. The van der Waals surface area contributed by atoms with E-state index in [1.165, 1.54) is 23.9 Å². The van der Waals surface area contributed by atoms with E-state index in [4.69, 9.17) is 11.6 Å². The minimum atomic E-state index is -4.57. The minimum absolute atomic E-state index is 0.0302. The SMILES string of the molecule is Cn1nc(C(=O)Cc2c(F)cccc2F)cc1-c1cc(C(F)(F)F)ccc1Cl. The molecule has 0 fully saturated rings. The Balaban J connectivity index is 1.97. The third-order valence-electron chi connectivity index (χ3n) is 4.13. The number of rotatable bonds is 4. The first-order valence-corrected chi connectivity index (χ1v) is 8.33. The lowest BCUT2D eigenvalue weighted by Crippen LogP contribution is -2.08. The first-order chi connectivity index (χ1) is 13.1. The molecule has 0 amide bonds. The summed E-state index contributed by atoms with van der Waals surface area (Å²) in [7, 11) is 1.42. The molecule has 28 heavy (non-hydrogen) atoms. The number of hydrogen-bond donors (Lipinski definition) is 0. The van der Waals surface area contributed by atoms with Gasteiger partial charge in [0, 0.05) is 29.6 Å². The summed E-state index contributed by atoms with van der Waals surface area (Å²) in [5.74, 6) is -2.43. The van der Waals surface area contributed by atoms with Gasteiger partial charge in [0.2, 0.25) is 0 Å². The van der Waals surface area contributed by atoms with Gasteiger partial charge in [0.15, 0.2) is 5.78 Å². The molecule has 0 aliphatic carbocycles. The Morgan fingerprint density at radius 2 is 1.75 bits per heavy atom. The van der Waals surface area contributed by atoms with Gasteiger partial charge in [-0.1, -0.05) is 17.7 Å². The highest BCUT2D eigenvalue weighted by Crippen LogP contribution is 2.36. The van der Waals surface area contributed by atoms with E-state index in [-0.39, 0.29) is 22.0 Å². The average Bonchev–Trinajstić information content (AvgIpc) is 2.99. The average molecular weight is 415 g/mol. The topological polar surface area (TPSA) is 34.9 Å². The molecule has 9 heteroatoms. The normalized spacial score (nSPS) is 11.7. The van der Waals surface area contributed by atoms with Crippen LogP contribution in [0.2, 0.25) is 5.02 Å².